The quantitative estimate of drug-likeness (QED) is 0.165. The van der Waals surface area contributed by atoms with Crippen LogP contribution in [0.3, 0.4) is 0 Å². The largest absolute Gasteiger partial charge is 0.309 e. The molecule has 0 fully saturated rings. The molecule has 0 radical (unpaired) electrons. The van der Waals surface area contributed by atoms with Gasteiger partial charge in [0.25, 0.3) is 0 Å². The summed E-state index contributed by atoms with van der Waals surface area (Å²) in [4.78, 5) is 17.8. The van der Waals surface area contributed by atoms with Gasteiger partial charge in [0.1, 0.15) is 11.6 Å². The van der Waals surface area contributed by atoms with E-state index in [1.54, 1.807) is 0 Å². The Hall–Kier alpha value is -7.36. The van der Waals surface area contributed by atoms with Crippen LogP contribution in [0.4, 0.5) is 5.69 Å². The molecule has 0 saturated heterocycles. The third-order valence-corrected chi connectivity index (χ3v) is 11.4. The number of nitrogens with zero attached hydrogens (tertiary/aromatic N) is 6. The van der Waals surface area contributed by atoms with E-state index in [4.69, 9.17) is 16.5 Å². The van der Waals surface area contributed by atoms with Crippen LogP contribution in [0.15, 0.2) is 133 Å². The zero-order valence-electron chi connectivity index (χ0n) is 33.4. The molecule has 278 valence electrons. The predicted octanol–water partition coefficient (Wildman–Crippen LogP) is 13.5. The molecule has 10 aromatic rings. The molecule has 6 heteroatoms. The highest BCUT2D eigenvalue weighted by atomic mass is 15.0. The van der Waals surface area contributed by atoms with E-state index in [0.29, 0.717) is 23.2 Å². The Morgan fingerprint density at radius 2 is 0.845 bits per heavy atom. The van der Waals surface area contributed by atoms with Crippen LogP contribution < -0.4 is 0 Å². The second-order valence-electron chi connectivity index (χ2n) is 15.6. The lowest BCUT2D eigenvalue weighted by Crippen LogP contribution is -2.04. The van der Waals surface area contributed by atoms with Crippen molar-refractivity contribution >= 4 is 49.3 Å². The van der Waals surface area contributed by atoms with Gasteiger partial charge in [-0.05, 0) is 125 Å². The molecule has 0 aliphatic carbocycles. The summed E-state index contributed by atoms with van der Waals surface area (Å²) >= 11 is 0. The van der Waals surface area contributed by atoms with E-state index < -0.39 is 0 Å². The smallest absolute Gasteiger partial charge is 0.187 e. The minimum Gasteiger partial charge on any atom is -0.309 e. The van der Waals surface area contributed by atoms with Crippen LogP contribution in [0.2, 0.25) is 0 Å². The zero-order chi connectivity index (χ0) is 39.8. The van der Waals surface area contributed by atoms with Crippen molar-refractivity contribution in [1.29, 1.82) is 0 Å². The molecule has 0 spiro atoms. The van der Waals surface area contributed by atoms with E-state index in [1.165, 1.54) is 43.8 Å². The summed E-state index contributed by atoms with van der Waals surface area (Å²) in [6, 6.07) is 48.4. The molecule has 3 aromatic heterocycles. The molecule has 0 saturated carbocycles. The Kier molecular flexibility index (Phi) is 8.10. The summed E-state index contributed by atoms with van der Waals surface area (Å²) in [5.74, 6) is 2.02. The lowest BCUT2D eigenvalue weighted by molar-refractivity contribution is 0.928. The van der Waals surface area contributed by atoms with Crippen molar-refractivity contribution < 1.29 is 0 Å². The number of aryl methyl sites for hydroxylation is 6. The van der Waals surface area contributed by atoms with Gasteiger partial charge in [0.15, 0.2) is 11.5 Å². The van der Waals surface area contributed by atoms with E-state index >= 15 is 0 Å². The molecule has 6 nitrogen and oxygen atoms in total. The number of hydrogen-bond donors (Lipinski definition) is 0. The van der Waals surface area contributed by atoms with Gasteiger partial charge in [-0.2, -0.15) is 0 Å². The molecular formula is C52H40N6. The number of rotatable bonds is 5. The minimum atomic E-state index is 0.621. The van der Waals surface area contributed by atoms with Gasteiger partial charge in [-0.25, -0.2) is 19.8 Å². The van der Waals surface area contributed by atoms with E-state index in [2.05, 4.69) is 156 Å². The van der Waals surface area contributed by atoms with Crippen LogP contribution in [-0.2, 0) is 0 Å². The second kappa shape index (κ2) is 13.4. The van der Waals surface area contributed by atoms with Crippen molar-refractivity contribution in [1.82, 2.24) is 24.1 Å². The van der Waals surface area contributed by atoms with Crippen LogP contribution in [-0.4, -0.2) is 24.1 Å². The standard InChI is InChI=1S/C52H40N6/c1-30-8-19-46-41(24-30)42-25-31(2)9-20-47(42)57(46)50-23-15-38(52-55-34(5)54-35(6)56-52)28-45(50)40-18-14-37(36-12-16-39(53-7)17-13-36)29-51(40)58-48-21-10-32(3)26-43(48)44-27-33(4)11-22-49(44)58/h8-29H,1-6H3. The van der Waals surface area contributed by atoms with E-state index in [0.717, 1.165) is 61.3 Å². The van der Waals surface area contributed by atoms with Crippen molar-refractivity contribution in [2.75, 3.05) is 0 Å². The molecule has 0 aliphatic rings. The normalized spacial score (nSPS) is 11.6. The first kappa shape index (κ1) is 35.1. The highest BCUT2D eigenvalue weighted by molar-refractivity contribution is 6.12. The summed E-state index contributed by atoms with van der Waals surface area (Å²) in [5.41, 5.74) is 17.3. The fourth-order valence-corrected chi connectivity index (χ4v) is 8.70. The Balaban J connectivity index is 1.35. The molecule has 58 heavy (non-hydrogen) atoms. The third kappa shape index (κ3) is 5.74. The first-order valence-electron chi connectivity index (χ1n) is 19.6. The van der Waals surface area contributed by atoms with E-state index in [1.807, 2.05) is 38.1 Å². The molecule has 0 amide bonds. The minimum absolute atomic E-state index is 0.621. The summed E-state index contributed by atoms with van der Waals surface area (Å²) < 4.78 is 4.86. The van der Waals surface area contributed by atoms with Crippen LogP contribution in [0.1, 0.15) is 33.9 Å². The van der Waals surface area contributed by atoms with Crippen LogP contribution >= 0.6 is 0 Å². The van der Waals surface area contributed by atoms with Crippen LogP contribution in [0.5, 0.6) is 0 Å². The lowest BCUT2D eigenvalue weighted by atomic mass is 9.95. The topological polar surface area (TPSA) is 52.9 Å². The lowest BCUT2D eigenvalue weighted by Gasteiger charge is -2.21. The molecular weight excluding hydrogens is 709 g/mol. The van der Waals surface area contributed by atoms with Crippen molar-refractivity contribution in [3.05, 3.63) is 179 Å². The maximum absolute atomic E-state index is 7.57. The average Bonchev–Trinajstić information content (AvgIpc) is 3.70. The monoisotopic (exact) mass is 748 g/mol. The average molecular weight is 749 g/mol. The highest BCUT2D eigenvalue weighted by Gasteiger charge is 2.23. The van der Waals surface area contributed by atoms with Gasteiger partial charge in [0, 0.05) is 38.2 Å². The SMILES string of the molecule is [C-]#[N+]c1ccc(-c2ccc(-c3cc(-c4nc(C)nc(C)n4)ccc3-n3c4ccc(C)cc4c4cc(C)ccc43)c(-n3c4ccc(C)cc4c4cc(C)ccc43)c2)cc1. The first-order valence-corrected chi connectivity index (χ1v) is 19.6. The third-order valence-electron chi connectivity index (χ3n) is 11.4. The molecule has 3 heterocycles. The van der Waals surface area contributed by atoms with Crippen molar-refractivity contribution in [3.8, 4) is 45.0 Å². The number of hydrogen-bond acceptors (Lipinski definition) is 3. The molecule has 0 N–H and O–H groups in total. The Bertz CT molecular complexity index is 3220. The zero-order valence-corrected chi connectivity index (χ0v) is 33.4. The second-order valence-corrected chi connectivity index (χ2v) is 15.6. The first-order chi connectivity index (χ1) is 28.1. The van der Waals surface area contributed by atoms with Gasteiger partial charge in [0.2, 0.25) is 0 Å². The summed E-state index contributed by atoms with van der Waals surface area (Å²) in [6.07, 6.45) is 0. The maximum atomic E-state index is 7.57. The number of benzene rings is 7. The fourth-order valence-electron chi connectivity index (χ4n) is 8.70. The van der Waals surface area contributed by atoms with Crippen molar-refractivity contribution in [2.24, 2.45) is 0 Å². The molecule has 0 aliphatic heterocycles. The van der Waals surface area contributed by atoms with Crippen molar-refractivity contribution in [3.63, 3.8) is 0 Å². The van der Waals surface area contributed by atoms with Crippen LogP contribution in [0, 0.1) is 48.1 Å². The van der Waals surface area contributed by atoms with Crippen molar-refractivity contribution in [2.45, 2.75) is 41.5 Å². The molecule has 10 rings (SSSR count). The Morgan fingerprint density at radius 3 is 1.33 bits per heavy atom. The van der Waals surface area contributed by atoms with Gasteiger partial charge in [-0.3, -0.25) is 0 Å². The maximum Gasteiger partial charge on any atom is 0.187 e. The van der Waals surface area contributed by atoms with E-state index in [-0.39, 0.29) is 0 Å². The molecule has 7 aromatic carbocycles. The number of aromatic nitrogens is 5. The van der Waals surface area contributed by atoms with E-state index in [9.17, 15) is 0 Å². The highest BCUT2D eigenvalue weighted by Crippen LogP contribution is 2.44. The van der Waals surface area contributed by atoms with Gasteiger partial charge < -0.3 is 9.13 Å². The van der Waals surface area contributed by atoms with Gasteiger partial charge in [-0.1, -0.05) is 82.9 Å². The molecule has 0 atom stereocenters. The molecule has 0 bridgehead atoms. The van der Waals surface area contributed by atoms with Gasteiger partial charge in [-0.15, -0.1) is 0 Å². The van der Waals surface area contributed by atoms with Gasteiger partial charge >= 0.3 is 0 Å². The fraction of sp³-hybridized carbons (Fsp3) is 0.115. The summed E-state index contributed by atoms with van der Waals surface area (Å²) in [5, 5.41) is 4.89. The number of fused-ring (bicyclic) bond motifs is 6. The van der Waals surface area contributed by atoms with Crippen LogP contribution in [0.25, 0.3) is 93.5 Å². The predicted molar refractivity (Wildman–Crippen MR) is 239 cm³/mol. The van der Waals surface area contributed by atoms with Gasteiger partial charge in [0.05, 0.1) is 40.0 Å². The summed E-state index contributed by atoms with van der Waals surface area (Å²) in [7, 11) is 0. The Morgan fingerprint density at radius 1 is 0.397 bits per heavy atom. The Labute approximate surface area is 337 Å². The summed E-state index contributed by atoms with van der Waals surface area (Å²) in [6.45, 7) is 20.0. The molecule has 0 unspecified atom stereocenters.